The Morgan fingerprint density at radius 2 is 1.94 bits per heavy atom. The highest BCUT2D eigenvalue weighted by Gasteiger charge is 2.22. The van der Waals surface area contributed by atoms with Gasteiger partial charge in [-0.15, -0.1) is 0 Å². The molecule has 0 saturated heterocycles. The highest BCUT2D eigenvalue weighted by Crippen LogP contribution is 2.24. The topological polar surface area (TPSA) is 129 Å². The Balaban J connectivity index is 2.12. The average molecular weight is 467 g/mol. The third-order valence-electron chi connectivity index (χ3n) is 5.79. The molecule has 0 saturated carbocycles. The second-order valence-electron chi connectivity index (χ2n) is 8.77. The molecule has 1 atom stereocenters. The van der Waals surface area contributed by atoms with Crippen molar-refractivity contribution >= 4 is 34.1 Å². The van der Waals surface area contributed by atoms with Crippen LogP contribution in [0.25, 0.3) is 11.0 Å². The van der Waals surface area contributed by atoms with Crippen LogP contribution in [0.5, 0.6) is 0 Å². The molecular formula is C24H34N8O2. The van der Waals surface area contributed by atoms with E-state index in [4.69, 9.17) is 11.5 Å². The molecule has 0 aliphatic carbocycles. The molecule has 0 bridgehead atoms. The summed E-state index contributed by atoms with van der Waals surface area (Å²) in [6, 6.07) is 5.33. The van der Waals surface area contributed by atoms with Crippen LogP contribution in [0.3, 0.4) is 0 Å². The van der Waals surface area contributed by atoms with E-state index in [1.54, 1.807) is 23.7 Å². The summed E-state index contributed by atoms with van der Waals surface area (Å²) in [6.45, 7) is 12.6. The first-order chi connectivity index (χ1) is 16.0. The summed E-state index contributed by atoms with van der Waals surface area (Å²) < 4.78 is 4.48. The minimum absolute atomic E-state index is 0.0912. The van der Waals surface area contributed by atoms with Crippen molar-refractivity contribution in [1.82, 2.24) is 18.9 Å². The van der Waals surface area contributed by atoms with Gasteiger partial charge in [0.1, 0.15) is 5.52 Å². The number of fused-ring (bicyclic) bond motifs is 1. The first kappa shape index (κ1) is 25.0. The molecule has 2 aromatic heterocycles. The van der Waals surface area contributed by atoms with Crippen LogP contribution in [-0.4, -0.2) is 44.3 Å². The highest BCUT2D eigenvalue weighted by molar-refractivity contribution is 5.99. The summed E-state index contributed by atoms with van der Waals surface area (Å²) in [5.74, 6) is 0.543. The zero-order valence-corrected chi connectivity index (χ0v) is 20.8. The number of hydrogen-bond donors (Lipinski definition) is 2. The van der Waals surface area contributed by atoms with Gasteiger partial charge in [0.25, 0.3) is 11.1 Å². The third kappa shape index (κ3) is 4.67. The molecule has 4 N–H and O–H groups in total. The lowest BCUT2D eigenvalue weighted by atomic mass is 10.1. The molecule has 3 aromatic rings. The highest BCUT2D eigenvalue weighted by atomic mass is 16.2. The minimum atomic E-state index is -0.344. The molecule has 10 nitrogen and oxygen atoms in total. The van der Waals surface area contributed by atoms with Crippen LogP contribution in [0.2, 0.25) is 0 Å². The second-order valence-corrected chi connectivity index (χ2v) is 8.77. The lowest BCUT2D eigenvalue weighted by Gasteiger charge is -2.21. The van der Waals surface area contributed by atoms with Gasteiger partial charge in [0.2, 0.25) is 5.95 Å². The van der Waals surface area contributed by atoms with E-state index >= 15 is 0 Å². The molecule has 0 fully saturated rings. The smallest absolute Gasteiger partial charge is 0.293 e. The number of imidazole rings is 1. The number of allylic oxidation sites excluding steroid dienone is 1. The maximum atomic E-state index is 13.6. The molecule has 1 aromatic carbocycles. The van der Waals surface area contributed by atoms with Crippen molar-refractivity contribution in [2.45, 2.75) is 46.8 Å². The number of nitrogens with two attached hydrogens (primary N) is 2. The van der Waals surface area contributed by atoms with Gasteiger partial charge in [-0.25, -0.2) is 14.3 Å². The molecule has 3 rings (SSSR count). The Morgan fingerprint density at radius 1 is 1.26 bits per heavy atom. The molecule has 1 unspecified atom stereocenters. The van der Waals surface area contributed by atoms with E-state index in [1.165, 1.54) is 9.36 Å². The fourth-order valence-corrected chi connectivity index (χ4v) is 3.86. The quantitative estimate of drug-likeness (QED) is 0.386. The van der Waals surface area contributed by atoms with Crippen molar-refractivity contribution in [3.63, 3.8) is 0 Å². The number of anilines is 2. The van der Waals surface area contributed by atoms with E-state index in [-0.39, 0.29) is 34.7 Å². The number of aryl methyl sites for hydroxylation is 1. The Kier molecular flexibility index (Phi) is 7.11. The number of hydrogen-bond acceptors (Lipinski definition) is 7. The lowest BCUT2D eigenvalue weighted by Crippen LogP contribution is -2.38. The molecule has 0 amide bonds. The Hall–Kier alpha value is -3.66. The van der Waals surface area contributed by atoms with E-state index in [9.17, 15) is 9.59 Å². The average Bonchev–Trinajstić information content (AvgIpc) is 3.16. The van der Waals surface area contributed by atoms with Crippen LogP contribution in [-0.2, 0) is 20.1 Å². The van der Waals surface area contributed by atoms with Crippen molar-refractivity contribution in [3.8, 4) is 0 Å². The van der Waals surface area contributed by atoms with Gasteiger partial charge in [-0.1, -0.05) is 12.6 Å². The first-order valence-electron chi connectivity index (χ1n) is 11.2. The standard InChI is InChI=1S/C24H34N8O2/c1-8-31-21-20(28-24(31)29(6)12-15(4)25)22(33)30(7)32(23(21)34)13-17-9-10-19(18(26)11-17)27-16(5)14(2)3/h9-11,15H,2,8,12-13,25-26H2,1,3-7H3/b27-16-. The van der Waals surface area contributed by atoms with Gasteiger partial charge in [-0.3, -0.25) is 14.6 Å². The molecule has 2 heterocycles. The van der Waals surface area contributed by atoms with Crippen molar-refractivity contribution in [3.05, 3.63) is 56.6 Å². The van der Waals surface area contributed by atoms with E-state index in [2.05, 4.69) is 16.6 Å². The van der Waals surface area contributed by atoms with Crippen molar-refractivity contribution < 1.29 is 0 Å². The van der Waals surface area contributed by atoms with Crippen molar-refractivity contribution in [1.29, 1.82) is 0 Å². The van der Waals surface area contributed by atoms with Crippen LogP contribution in [0.15, 0.2) is 44.9 Å². The third-order valence-corrected chi connectivity index (χ3v) is 5.79. The van der Waals surface area contributed by atoms with Crippen LogP contribution < -0.4 is 27.5 Å². The summed E-state index contributed by atoms with van der Waals surface area (Å²) in [4.78, 5) is 37.6. The monoisotopic (exact) mass is 466 g/mol. The Morgan fingerprint density at radius 3 is 2.50 bits per heavy atom. The summed E-state index contributed by atoms with van der Waals surface area (Å²) in [7, 11) is 3.42. The molecule has 34 heavy (non-hydrogen) atoms. The number of benzene rings is 1. The summed E-state index contributed by atoms with van der Waals surface area (Å²) in [5.41, 5.74) is 15.5. The fourth-order valence-electron chi connectivity index (χ4n) is 3.86. The second kappa shape index (κ2) is 9.68. The van der Waals surface area contributed by atoms with Crippen LogP contribution in [0.4, 0.5) is 17.3 Å². The largest absolute Gasteiger partial charge is 0.397 e. The van der Waals surface area contributed by atoms with Crippen LogP contribution >= 0.6 is 0 Å². The maximum absolute atomic E-state index is 13.6. The fraction of sp³-hybridized carbons (Fsp3) is 0.417. The molecule has 10 heteroatoms. The first-order valence-corrected chi connectivity index (χ1v) is 11.2. The van der Waals surface area contributed by atoms with Gasteiger partial charge in [-0.2, -0.15) is 0 Å². The predicted molar refractivity (Wildman–Crippen MR) is 139 cm³/mol. The van der Waals surface area contributed by atoms with Gasteiger partial charge in [0.05, 0.1) is 17.9 Å². The van der Waals surface area contributed by atoms with E-state index < -0.39 is 0 Å². The Labute approximate surface area is 198 Å². The number of aliphatic imine (C=N–C) groups is 1. The number of nitrogens with zero attached hydrogens (tertiary/aromatic N) is 6. The number of likely N-dealkylation sites (N-methyl/N-ethyl adjacent to an activating group) is 1. The van der Waals surface area contributed by atoms with Gasteiger partial charge in [0.15, 0.2) is 5.52 Å². The molecular weight excluding hydrogens is 432 g/mol. The molecule has 0 aliphatic heterocycles. The van der Waals surface area contributed by atoms with E-state index in [0.717, 1.165) is 16.8 Å². The van der Waals surface area contributed by atoms with E-state index in [1.807, 2.05) is 45.7 Å². The van der Waals surface area contributed by atoms with Gasteiger partial charge in [-0.05, 0) is 51.0 Å². The zero-order valence-electron chi connectivity index (χ0n) is 20.8. The molecule has 0 aliphatic rings. The number of rotatable bonds is 8. The summed E-state index contributed by atoms with van der Waals surface area (Å²) in [5, 5.41) is 0. The van der Waals surface area contributed by atoms with Crippen molar-refractivity contribution in [2.24, 2.45) is 17.8 Å². The lowest BCUT2D eigenvalue weighted by molar-refractivity contribution is 0.502. The SMILES string of the molecule is C=C(C)/C(C)=N\c1ccc(Cn2c(=O)c3c(nc(N(C)CC(C)N)n3CC)c(=O)n2C)cc1N. The van der Waals surface area contributed by atoms with Gasteiger partial charge in [0, 0.05) is 38.9 Å². The predicted octanol–water partition coefficient (Wildman–Crippen LogP) is 2.00. The normalized spacial score (nSPS) is 12.9. The molecule has 182 valence electrons. The number of nitrogen functional groups attached to an aromatic ring is 1. The summed E-state index contributed by atoms with van der Waals surface area (Å²) in [6.07, 6.45) is 0. The van der Waals surface area contributed by atoms with Gasteiger partial charge >= 0.3 is 0 Å². The van der Waals surface area contributed by atoms with Crippen LogP contribution in [0, 0.1) is 0 Å². The van der Waals surface area contributed by atoms with Gasteiger partial charge < -0.3 is 20.9 Å². The van der Waals surface area contributed by atoms with Crippen molar-refractivity contribution in [2.75, 3.05) is 24.2 Å². The maximum Gasteiger partial charge on any atom is 0.293 e. The number of aromatic nitrogens is 4. The summed E-state index contributed by atoms with van der Waals surface area (Å²) >= 11 is 0. The molecule has 0 radical (unpaired) electrons. The zero-order chi connectivity index (χ0) is 25.3. The van der Waals surface area contributed by atoms with E-state index in [0.29, 0.717) is 30.4 Å². The Bertz CT molecular complexity index is 1390. The molecule has 0 spiro atoms. The minimum Gasteiger partial charge on any atom is -0.397 e. The van der Waals surface area contributed by atoms with Crippen LogP contribution in [0.1, 0.15) is 33.3 Å².